The number of aryl methyl sites for hydroxylation is 1. The summed E-state index contributed by atoms with van der Waals surface area (Å²) in [6, 6.07) is 7.46. The van der Waals surface area contributed by atoms with Gasteiger partial charge in [-0.2, -0.15) is 11.8 Å². The summed E-state index contributed by atoms with van der Waals surface area (Å²) in [5, 5.41) is 0. The lowest BCUT2D eigenvalue weighted by atomic mass is 10.2. The average molecular weight is 333 g/mol. The molecule has 6 heteroatoms. The molecule has 2 N–H and O–H groups in total. The van der Waals surface area contributed by atoms with Crippen LogP contribution in [0, 0.1) is 6.92 Å². The van der Waals surface area contributed by atoms with Gasteiger partial charge in [0, 0.05) is 7.05 Å². The molecule has 0 saturated carbocycles. The fourth-order valence-corrected chi connectivity index (χ4v) is 2.19. The van der Waals surface area contributed by atoms with Gasteiger partial charge in [-0.3, -0.25) is 4.79 Å². The zero-order valence-corrected chi connectivity index (χ0v) is 14.5. The zero-order valence-electron chi connectivity index (χ0n) is 12.9. The van der Waals surface area contributed by atoms with Crippen molar-refractivity contribution in [2.75, 3.05) is 32.2 Å². The van der Waals surface area contributed by atoms with Crippen LogP contribution in [0.1, 0.15) is 12.0 Å². The molecule has 0 radical (unpaired) electrons. The number of ether oxygens (including phenoxy) is 1. The van der Waals surface area contributed by atoms with Crippen molar-refractivity contribution in [1.82, 2.24) is 4.90 Å². The molecular weight excluding hydrogens is 308 g/mol. The van der Waals surface area contributed by atoms with Crippen LogP contribution in [0.2, 0.25) is 0 Å². The highest BCUT2D eigenvalue weighted by atomic mass is 35.5. The van der Waals surface area contributed by atoms with Gasteiger partial charge >= 0.3 is 0 Å². The van der Waals surface area contributed by atoms with Crippen LogP contribution in [0.5, 0.6) is 5.75 Å². The maximum Gasteiger partial charge on any atom is 0.239 e. The van der Waals surface area contributed by atoms with E-state index in [0.717, 1.165) is 11.5 Å². The van der Waals surface area contributed by atoms with Gasteiger partial charge in [-0.25, -0.2) is 0 Å². The predicted molar refractivity (Wildman–Crippen MR) is 92.5 cm³/mol. The first-order chi connectivity index (χ1) is 9.54. The number of hydrogen-bond acceptors (Lipinski definition) is 4. The normalized spacial score (nSPS) is 11.4. The van der Waals surface area contributed by atoms with Crippen molar-refractivity contribution in [3.05, 3.63) is 29.8 Å². The van der Waals surface area contributed by atoms with E-state index >= 15 is 0 Å². The number of carbonyl (C=O) groups excluding carboxylic acids is 1. The summed E-state index contributed by atoms with van der Waals surface area (Å²) < 4.78 is 5.60. The average Bonchev–Trinajstić information content (AvgIpc) is 2.45. The van der Waals surface area contributed by atoms with Crippen molar-refractivity contribution in [2.24, 2.45) is 5.73 Å². The van der Waals surface area contributed by atoms with E-state index in [1.165, 1.54) is 5.56 Å². The minimum atomic E-state index is -0.410. The lowest BCUT2D eigenvalue weighted by Gasteiger charge is -2.21. The lowest BCUT2D eigenvalue weighted by molar-refractivity contribution is -0.131. The van der Waals surface area contributed by atoms with Gasteiger partial charge in [-0.05, 0) is 37.5 Å². The second kappa shape index (κ2) is 10.8. The highest BCUT2D eigenvalue weighted by Crippen LogP contribution is 2.11. The van der Waals surface area contributed by atoms with E-state index in [9.17, 15) is 4.79 Å². The van der Waals surface area contributed by atoms with Gasteiger partial charge in [0.1, 0.15) is 12.4 Å². The Morgan fingerprint density at radius 3 is 2.57 bits per heavy atom. The third-order valence-electron chi connectivity index (χ3n) is 3.04. The monoisotopic (exact) mass is 332 g/mol. The Kier molecular flexibility index (Phi) is 10.3. The molecule has 1 amide bonds. The van der Waals surface area contributed by atoms with Crippen LogP contribution in [0.3, 0.4) is 0 Å². The SMILES string of the molecule is CSCC[C@H](N)C(=O)N(C)CCOc1ccc(C)cc1.Cl. The fourth-order valence-electron chi connectivity index (χ4n) is 1.70. The molecule has 1 atom stereocenters. The summed E-state index contributed by atoms with van der Waals surface area (Å²) in [4.78, 5) is 13.6. The van der Waals surface area contributed by atoms with Crippen molar-refractivity contribution in [2.45, 2.75) is 19.4 Å². The van der Waals surface area contributed by atoms with E-state index in [-0.39, 0.29) is 18.3 Å². The molecule has 1 aromatic rings. The second-order valence-corrected chi connectivity index (χ2v) is 5.79. The van der Waals surface area contributed by atoms with E-state index in [2.05, 4.69) is 0 Å². The Hall–Kier alpha value is -0.910. The van der Waals surface area contributed by atoms with Crippen LogP contribution in [-0.2, 0) is 4.79 Å². The van der Waals surface area contributed by atoms with Crippen molar-refractivity contribution in [3.8, 4) is 5.75 Å². The number of halogens is 1. The summed E-state index contributed by atoms with van der Waals surface area (Å²) in [5.74, 6) is 1.70. The first-order valence-electron chi connectivity index (χ1n) is 6.73. The van der Waals surface area contributed by atoms with Crippen LogP contribution in [0.25, 0.3) is 0 Å². The molecule has 0 spiro atoms. The van der Waals surface area contributed by atoms with Gasteiger partial charge in [0.05, 0.1) is 12.6 Å². The van der Waals surface area contributed by atoms with Crippen molar-refractivity contribution >= 4 is 30.1 Å². The third-order valence-corrected chi connectivity index (χ3v) is 3.69. The molecule has 0 fully saturated rings. The fraction of sp³-hybridized carbons (Fsp3) is 0.533. The highest BCUT2D eigenvalue weighted by molar-refractivity contribution is 7.98. The Balaban J connectivity index is 0.00000400. The summed E-state index contributed by atoms with van der Waals surface area (Å²) >= 11 is 1.70. The molecule has 21 heavy (non-hydrogen) atoms. The van der Waals surface area contributed by atoms with E-state index in [4.69, 9.17) is 10.5 Å². The smallest absolute Gasteiger partial charge is 0.239 e. The topological polar surface area (TPSA) is 55.6 Å². The zero-order chi connectivity index (χ0) is 15.0. The van der Waals surface area contributed by atoms with Crippen LogP contribution < -0.4 is 10.5 Å². The molecule has 0 aliphatic carbocycles. The number of nitrogens with two attached hydrogens (primary N) is 1. The number of amides is 1. The van der Waals surface area contributed by atoms with E-state index in [1.54, 1.807) is 23.7 Å². The maximum absolute atomic E-state index is 12.0. The molecule has 4 nitrogen and oxygen atoms in total. The van der Waals surface area contributed by atoms with Crippen LogP contribution in [-0.4, -0.2) is 49.1 Å². The number of hydrogen-bond donors (Lipinski definition) is 1. The molecule has 1 aromatic carbocycles. The van der Waals surface area contributed by atoms with Crippen LogP contribution in [0.15, 0.2) is 24.3 Å². The van der Waals surface area contributed by atoms with Gasteiger partial charge in [-0.15, -0.1) is 12.4 Å². The minimum absolute atomic E-state index is 0. The first kappa shape index (κ1) is 20.1. The maximum atomic E-state index is 12.0. The van der Waals surface area contributed by atoms with Crippen LogP contribution >= 0.6 is 24.2 Å². The number of carbonyl (C=O) groups is 1. The van der Waals surface area contributed by atoms with Crippen molar-refractivity contribution in [1.29, 1.82) is 0 Å². The highest BCUT2D eigenvalue weighted by Gasteiger charge is 2.17. The summed E-state index contributed by atoms with van der Waals surface area (Å²) in [7, 11) is 1.76. The Bertz CT molecular complexity index is 415. The number of rotatable bonds is 8. The standard InChI is InChI=1S/C15H24N2O2S.ClH/c1-12-4-6-13(7-5-12)19-10-9-17(2)15(18)14(16)8-11-20-3;/h4-7,14H,8-11,16H2,1-3H3;1H/t14-;/m0./s1. The molecule has 0 bridgehead atoms. The van der Waals surface area contributed by atoms with E-state index in [1.807, 2.05) is 37.4 Å². The van der Waals surface area contributed by atoms with E-state index in [0.29, 0.717) is 19.6 Å². The molecule has 0 aliphatic heterocycles. The Labute approximate surface area is 137 Å². The largest absolute Gasteiger partial charge is 0.492 e. The molecule has 0 aromatic heterocycles. The summed E-state index contributed by atoms with van der Waals surface area (Å²) in [5.41, 5.74) is 7.06. The van der Waals surface area contributed by atoms with Gasteiger partial charge in [0.25, 0.3) is 0 Å². The molecule has 0 heterocycles. The summed E-state index contributed by atoms with van der Waals surface area (Å²) in [6.45, 7) is 3.05. The van der Waals surface area contributed by atoms with Crippen LogP contribution in [0.4, 0.5) is 0 Å². The van der Waals surface area contributed by atoms with Gasteiger partial charge in [-0.1, -0.05) is 17.7 Å². The minimum Gasteiger partial charge on any atom is -0.492 e. The van der Waals surface area contributed by atoms with Gasteiger partial charge < -0.3 is 15.4 Å². The van der Waals surface area contributed by atoms with Crippen molar-refractivity contribution in [3.63, 3.8) is 0 Å². The number of benzene rings is 1. The predicted octanol–water partition coefficient (Wildman–Crippen LogP) is 2.33. The first-order valence-corrected chi connectivity index (χ1v) is 8.13. The van der Waals surface area contributed by atoms with E-state index < -0.39 is 6.04 Å². The quantitative estimate of drug-likeness (QED) is 0.794. The molecular formula is C15H25ClN2O2S. The number of thioether (sulfide) groups is 1. The summed E-state index contributed by atoms with van der Waals surface area (Å²) in [6.07, 6.45) is 2.72. The van der Waals surface area contributed by atoms with Gasteiger partial charge in [0.15, 0.2) is 0 Å². The third kappa shape index (κ3) is 7.60. The molecule has 0 saturated heterocycles. The number of likely N-dealkylation sites (N-methyl/N-ethyl adjacent to an activating group) is 1. The number of nitrogens with zero attached hydrogens (tertiary/aromatic N) is 1. The molecule has 0 unspecified atom stereocenters. The molecule has 120 valence electrons. The molecule has 0 aliphatic rings. The van der Waals surface area contributed by atoms with Crippen molar-refractivity contribution < 1.29 is 9.53 Å². The Morgan fingerprint density at radius 2 is 2.00 bits per heavy atom. The van der Waals surface area contributed by atoms with Gasteiger partial charge in [0.2, 0.25) is 5.91 Å². The molecule has 1 rings (SSSR count). The Morgan fingerprint density at radius 1 is 1.38 bits per heavy atom. The second-order valence-electron chi connectivity index (χ2n) is 4.81. The lowest BCUT2D eigenvalue weighted by Crippen LogP contribution is -2.43.